The molecule has 0 aliphatic rings. The van der Waals surface area contributed by atoms with E-state index in [4.69, 9.17) is 16.3 Å². The molecule has 0 saturated heterocycles. The van der Waals surface area contributed by atoms with E-state index < -0.39 is 58.1 Å². The van der Waals surface area contributed by atoms with Gasteiger partial charge in [0.15, 0.2) is 17.2 Å². The van der Waals surface area contributed by atoms with Gasteiger partial charge in [-0.25, -0.2) is 13.8 Å². The molecule has 0 amide bonds. The van der Waals surface area contributed by atoms with Crippen LogP contribution in [-0.4, -0.2) is 59.1 Å². The predicted octanol–water partition coefficient (Wildman–Crippen LogP) is 5.47. The number of likely N-dealkylation sites (N-methyl/N-ethyl adjacent to an activating group) is 1. The standard InChI is InChI=1S/C27H23ClF6N4O3/c1-37(2)13-26(40,27(32,33)34)25(16-7-9-19(41-3)24(31)23(16)28)35-17-11-14(29)12-18-15(17)8-10-22(39)38(18)21-6-4-5-20(30)36-21/h4-12,25,35,40H,13H2,1-3H3/t25-,26?/m0/s1. The summed E-state index contributed by atoms with van der Waals surface area (Å²) in [6.45, 7) is -1.01. The summed E-state index contributed by atoms with van der Waals surface area (Å²) in [6, 6.07) is 7.43. The molecule has 0 aliphatic carbocycles. The molecule has 0 spiro atoms. The van der Waals surface area contributed by atoms with E-state index in [2.05, 4.69) is 10.3 Å². The summed E-state index contributed by atoms with van der Waals surface area (Å²) in [4.78, 5) is 17.5. The highest BCUT2D eigenvalue weighted by atomic mass is 35.5. The Kier molecular flexibility index (Phi) is 8.25. The molecule has 2 N–H and O–H groups in total. The number of pyridine rings is 2. The number of hydrogen-bond donors (Lipinski definition) is 2. The van der Waals surface area contributed by atoms with Gasteiger partial charge in [-0.1, -0.05) is 23.7 Å². The van der Waals surface area contributed by atoms with Gasteiger partial charge >= 0.3 is 6.18 Å². The third-order valence-electron chi connectivity index (χ3n) is 6.34. The van der Waals surface area contributed by atoms with Crippen LogP contribution < -0.4 is 15.6 Å². The molecule has 2 aromatic heterocycles. The van der Waals surface area contributed by atoms with Gasteiger partial charge in [0.1, 0.15) is 11.6 Å². The van der Waals surface area contributed by atoms with Crippen LogP contribution in [0, 0.1) is 17.6 Å². The highest BCUT2D eigenvalue weighted by molar-refractivity contribution is 6.31. The number of anilines is 1. The topological polar surface area (TPSA) is 79.6 Å². The molecule has 41 heavy (non-hydrogen) atoms. The summed E-state index contributed by atoms with van der Waals surface area (Å²) in [6.07, 6.45) is -5.31. The Hall–Kier alpha value is -3.81. The quantitative estimate of drug-likeness (QED) is 0.206. The second-order valence-electron chi connectivity index (χ2n) is 9.43. The van der Waals surface area contributed by atoms with Crippen molar-refractivity contribution in [3.05, 3.63) is 93.1 Å². The smallest absolute Gasteiger partial charge is 0.420 e. The number of hydrogen-bond acceptors (Lipinski definition) is 6. The lowest BCUT2D eigenvalue weighted by atomic mass is 9.86. The Morgan fingerprint density at radius 3 is 2.41 bits per heavy atom. The van der Waals surface area contributed by atoms with Crippen molar-refractivity contribution in [1.82, 2.24) is 14.5 Å². The monoisotopic (exact) mass is 600 g/mol. The van der Waals surface area contributed by atoms with E-state index in [0.29, 0.717) is 0 Å². The zero-order valence-electron chi connectivity index (χ0n) is 21.7. The van der Waals surface area contributed by atoms with Crippen LogP contribution in [0.3, 0.4) is 0 Å². The molecule has 0 radical (unpaired) electrons. The Balaban J connectivity index is 2.02. The molecule has 0 bridgehead atoms. The number of ether oxygens (including phenoxy) is 1. The first kappa shape index (κ1) is 30.2. The molecule has 2 aromatic carbocycles. The maximum absolute atomic E-state index is 15.0. The minimum Gasteiger partial charge on any atom is -0.494 e. The maximum Gasteiger partial charge on any atom is 0.420 e. The van der Waals surface area contributed by atoms with E-state index >= 15 is 0 Å². The summed E-state index contributed by atoms with van der Waals surface area (Å²) < 4.78 is 93.4. The van der Waals surface area contributed by atoms with Crippen LogP contribution in [0.5, 0.6) is 5.75 Å². The lowest BCUT2D eigenvalue weighted by Crippen LogP contribution is -2.58. The molecule has 4 rings (SSSR count). The summed E-state index contributed by atoms with van der Waals surface area (Å²) in [5.74, 6) is -3.68. The van der Waals surface area contributed by atoms with Crippen molar-refractivity contribution in [2.45, 2.75) is 17.8 Å². The van der Waals surface area contributed by atoms with Crippen molar-refractivity contribution in [3.8, 4) is 11.6 Å². The van der Waals surface area contributed by atoms with Crippen LogP contribution in [0.15, 0.2) is 59.4 Å². The molecule has 2 heterocycles. The molecule has 2 atom stereocenters. The van der Waals surface area contributed by atoms with E-state index in [1.165, 1.54) is 32.3 Å². The average molecular weight is 601 g/mol. The van der Waals surface area contributed by atoms with E-state index in [1.54, 1.807) is 0 Å². The molecule has 0 aliphatic heterocycles. The Bertz CT molecular complexity index is 1660. The van der Waals surface area contributed by atoms with E-state index in [-0.39, 0.29) is 28.2 Å². The third kappa shape index (κ3) is 5.69. The number of nitrogens with zero attached hydrogens (tertiary/aromatic N) is 3. The van der Waals surface area contributed by atoms with Crippen LogP contribution in [0.1, 0.15) is 11.6 Å². The van der Waals surface area contributed by atoms with E-state index in [9.17, 15) is 36.2 Å². The van der Waals surface area contributed by atoms with Crippen molar-refractivity contribution in [1.29, 1.82) is 0 Å². The summed E-state index contributed by atoms with van der Waals surface area (Å²) in [7, 11) is 3.70. The first-order valence-electron chi connectivity index (χ1n) is 11.9. The van der Waals surface area contributed by atoms with Crippen LogP contribution in [0.25, 0.3) is 16.7 Å². The number of fused-ring (bicyclic) bond motifs is 1. The highest BCUT2D eigenvalue weighted by Gasteiger charge is 2.60. The second-order valence-corrected chi connectivity index (χ2v) is 9.81. The van der Waals surface area contributed by atoms with Gasteiger partial charge in [0.2, 0.25) is 5.95 Å². The SMILES string of the molecule is COc1ccc([C@H](Nc2cc(F)cc3c2ccc(=O)n3-c2cccc(F)n2)C(O)(CN(C)C)C(F)(F)F)c(Cl)c1F. The Labute approximate surface area is 234 Å². The maximum atomic E-state index is 15.0. The Morgan fingerprint density at radius 1 is 1.10 bits per heavy atom. The lowest BCUT2D eigenvalue weighted by Gasteiger charge is -2.41. The highest BCUT2D eigenvalue weighted by Crippen LogP contribution is 2.46. The lowest BCUT2D eigenvalue weighted by molar-refractivity contribution is -0.270. The fourth-order valence-electron chi connectivity index (χ4n) is 4.55. The average Bonchev–Trinajstić information content (AvgIpc) is 2.87. The van der Waals surface area contributed by atoms with Crippen LogP contribution in [0.4, 0.5) is 32.0 Å². The van der Waals surface area contributed by atoms with Gasteiger partial charge in [-0.2, -0.15) is 17.6 Å². The van der Waals surface area contributed by atoms with Gasteiger partial charge in [0.25, 0.3) is 5.56 Å². The van der Waals surface area contributed by atoms with Crippen molar-refractivity contribution >= 4 is 28.2 Å². The van der Waals surface area contributed by atoms with Gasteiger partial charge in [0, 0.05) is 23.7 Å². The normalized spacial score (nSPS) is 14.2. The number of halogens is 7. The second kappa shape index (κ2) is 11.2. The van der Waals surface area contributed by atoms with E-state index in [1.807, 2.05) is 0 Å². The molecule has 1 unspecified atom stereocenters. The molecule has 0 saturated carbocycles. The minimum absolute atomic E-state index is 0.00143. The number of rotatable bonds is 8. The number of alkyl halides is 3. The van der Waals surface area contributed by atoms with Crippen LogP contribution >= 0.6 is 11.6 Å². The van der Waals surface area contributed by atoms with Crippen molar-refractivity contribution < 1.29 is 36.2 Å². The number of benzene rings is 2. The fourth-order valence-corrected chi connectivity index (χ4v) is 4.82. The predicted molar refractivity (Wildman–Crippen MR) is 141 cm³/mol. The van der Waals surface area contributed by atoms with Gasteiger partial charge in [-0.15, -0.1) is 0 Å². The molecule has 14 heteroatoms. The zero-order chi connectivity index (χ0) is 30.3. The molecule has 7 nitrogen and oxygen atoms in total. The van der Waals surface area contributed by atoms with Gasteiger partial charge in [-0.05, 0) is 56.1 Å². The van der Waals surface area contributed by atoms with Crippen LogP contribution in [-0.2, 0) is 0 Å². The summed E-state index contributed by atoms with van der Waals surface area (Å²) in [5.41, 5.74) is -5.35. The van der Waals surface area contributed by atoms with Crippen molar-refractivity contribution in [3.63, 3.8) is 0 Å². The third-order valence-corrected chi connectivity index (χ3v) is 6.72. The number of aliphatic hydroxyl groups is 1. The van der Waals surface area contributed by atoms with Crippen molar-refractivity contribution in [2.24, 2.45) is 0 Å². The number of nitrogens with one attached hydrogen (secondary N) is 1. The van der Waals surface area contributed by atoms with Gasteiger partial charge in [-0.3, -0.25) is 9.36 Å². The van der Waals surface area contributed by atoms with Crippen molar-refractivity contribution in [2.75, 3.05) is 33.1 Å². The summed E-state index contributed by atoms with van der Waals surface area (Å²) >= 11 is 6.17. The zero-order valence-corrected chi connectivity index (χ0v) is 22.5. The first-order valence-corrected chi connectivity index (χ1v) is 12.3. The minimum atomic E-state index is -5.31. The van der Waals surface area contributed by atoms with Gasteiger partial charge < -0.3 is 20.1 Å². The first-order chi connectivity index (χ1) is 19.2. The summed E-state index contributed by atoms with van der Waals surface area (Å²) in [5, 5.41) is 13.0. The largest absolute Gasteiger partial charge is 0.494 e. The number of methoxy groups -OCH3 is 1. The van der Waals surface area contributed by atoms with Gasteiger partial charge in [0.05, 0.1) is 23.7 Å². The van der Waals surface area contributed by atoms with Crippen LogP contribution in [0.2, 0.25) is 5.02 Å². The molecule has 4 aromatic rings. The molecule has 0 fully saturated rings. The van der Waals surface area contributed by atoms with E-state index in [0.717, 1.165) is 53.0 Å². The Morgan fingerprint density at radius 2 is 1.80 bits per heavy atom. The molecular weight excluding hydrogens is 578 g/mol. The fraction of sp³-hybridized carbons (Fsp3) is 0.259. The molecule has 218 valence electrons. The molecular formula is C27H23ClF6N4O3. The number of aromatic nitrogens is 2.